The van der Waals surface area contributed by atoms with Crippen molar-refractivity contribution in [3.63, 3.8) is 0 Å². The number of allylic oxidation sites excluding steroid dienone is 6. The summed E-state index contributed by atoms with van der Waals surface area (Å²) >= 11 is 0. The Morgan fingerprint density at radius 1 is 1.31 bits per heavy atom. The molecule has 6 nitrogen and oxygen atoms in total. The fourth-order valence-electron chi connectivity index (χ4n) is 3.19. The van der Waals surface area contributed by atoms with Gasteiger partial charge in [0.25, 0.3) is 0 Å². The van der Waals surface area contributed by atoms with Crippen molar-refractivity contribution in [3.05, 3.63) is 48.9 Å². The molecule has 184 valence electrons. The SMILES string of the molecule is C/C(F)=C/CC[C@H](O)/C=C/[C@H]1/C(=N\O)C[C@H](O)[C@@H]1C/C=C\CCCC(=O)O.C=CC.CC. The molecule has 0 radical (unpaired) electrons. The van der Waals surface area contributed by atoms with Gasteiger partial charge in [-0.25, -0.2) is 4.39 Å². The Hall–Kier alpha value is -2.25. The number of aliphatic hydroxyl groups is 2. The monoisotopic (exact) mass is 455 g/mol. The summed E-state index contributed by atoms with van der Waals surface area (Å²) in [6.45, 7) is 10.6. The molecule has 7 heteroatoms. The van der Waals surface area contributed by atoms with Crippen LogP contribution in [0.15, 0.2) is 54.0 Å². The highest BCUT2D eigenvalue weighted by Gasteiger charge is 2.38. The van der Waals surface area contributed by atoms with E-state index in [4.69, 9.17) is 5.11 Å². The van der Waals surface area contributed by atoms with Crippen molar-refractivity contribution in [2.45, 2.75) is 84.8 Å². The van der Waals surface area contributed by atoms with E-state index in [2.05, 4.69) is 11.7 Å². The fourth-order valence-corrected chi connectivity index (χ4v) is 3.19. The molecule has 0 bridgehead atoms. The molecule has 0 aromatic heterocycles. The Kier molecular flexibility index (Phi) is 20.6. The number of hydrogen-bond acceptors (Lipinski definition) is 5. The Bertz CT molecular complexity index is 624. The molecule has 0 aromatic carbocycles. The minimum atomic E-state index is -0.820. The van der Waals surface area contributed by atoms with Crippen LogP contribution < -0.4 is 0 Å². The molecule has 0 heterocycles. The number of aliphatic carboxylic acids is 1. The van der Waals surface area contributed by atoms with Gasteiger partial charge >= 0.3 is 5.97 Å². The van der Waals surface area contributed by atoms with Crippen LogP contribution in [0.1, 0.15) is 72.6 Å². The summed E-state index contributed by atoms with van der Waals surface area (Å²) in [7, 11) is 0. The lowest BCUT2D eigenvalue weighted by Crippen LogP contribution is -2.19. The van der Waals surface area contributed by atoms with Crippen LogP contribution in [0.2, 0.25) is 0 Å². The Morgan fingerprint density at radius 3 is 2.47 bits per heavy atom. The lowest BCUT2D eigenvalue weighted by Gasteiger charge is -2.17. The summed E-state index contributed by atoms with van der Waals surface area (Å²) in [5.74, 6) is -1.57. The first-order valence-corrected chi connectivity index (χ1v) is 11.3. The lowest BCUT2D eigenvalue weighted by atomic mass is 9.89. The molecule has 1 aliphatic carbocycles. The first-order valence-electron chi connectivity index (χ1n) is 11.3. The predicted molar refractivity (Wildman–Crippen MR) is 129 cm³/mol. The molecule has 1 aliphatic rings. The van der Waals surface area contributed by atoms with Crippen LogP contribution in [0.4, 0.5) is 4.39 Å². The maximum absolute atomic E-state index is 12.7. The topological polar surface area (TPSA) is 110 Å². The summed E-state index contributed by atoms with van der Waals surface area (Å²) in [4.78, 5) is 10.5. The molecule has 0 aromatic rings. The van der Waals surface area contributed by atoms with Gasteiger partial charge in [-0.1, -0.05) is 55.5 Å². The molecule has 1 fully saturated rings. The smallest absolute Gasteiger partial charge is 0.303 e. The van der Waals surface area contributed by atoms with Crippen LogP contribution >= 0.6 is 0 Å². The zero-order chi connectivity index (χ0) is 24.9. The summed E-state index contributed by atoms with van der Waals surface area (Å²) in [5, 5.41) is 41.3. The first-order chi connectivity index (χ1) is 15.3. The van der Waals surface area contributed by atoms with Gasteiger partial charge in [0.1, 0.15) is 0 Å². The lowest BCUT2D eigenvalue weighted by molar-refractivity contribution is -0.137. The number of unbranched alkanes of at least 4 members (excludes halogenated alkanes) is 1. The maximum Gasteiger partial charge on any atom is 0.303 e. The number of oxime groups is 1. The molecule has 0 aliphatic heterocycles. The molecule has 1 saturated carbocycles. The van der Waals surface area contributed by atoms with Crippen LogP contribution in [0.25, 0.3) is 0 Å². The molecule has 32 heavy (non-hydrogen) atoms. The highest BCUT2D eigenvalue weighted by Crippen LogP contribution is 2.34. The standard InChI is InChI=1S/C20H30FNO5.C3H6.C2H6/c1-14(21)7-6-8-15(23)11-12-16-17(19(24)13-18(16)22-27)9-4-2-3-5-10-20(25)26;1-3-2;1-2/h2,4,7,11-12,15-17,19,23-24,27H,3,5-6,8-10,13H2,1H3,(H,25,26);3H,1H2,2H3;1-2H3/b4-2-,12-11+,14-7-,22-18-;;/t15-,16+,17+,19-;;/m0../s1. The summed E-state index contributed by atoms with van der Waals surface area (Å²) in [6.07, 6.45) is 11.9. The van der Waals surface area contributed by atoms with E-state index in [9.17, 15) is 24.6 Å². The number of hydrogen-bond donors (Lipinski definition) is 4. The van der Waals surface area contributed by atoms with Gasteiger partial charge < -0.3 is 20.5 Å². The van der Waals surface area contributed by atoms with Crippen molar-refractivity contribution in [2.24, 2.45) is 17.0 Å². The largest absolute Gasteiger partial charge is 0.481 e. The highest BCUT2D eigenvalue weighted by molar-refractivity contribution is 5.90. The predicted octanol–water partition coefficient (Wildman–Crippen LogP) is 5.80. The highest BCUT2D eigenvalue weighted by atomic mass is 19.1. The van der Waals surface area contributed by atoms with Gasteiger partial charge in [-0.15, -0.1) is 6.58 Å². The molecule has 0 amide bonds. The Morgan fingerprint density at radius 2 is 1.94 bits per heavy atom. The number of carboxylic acid groups (broad SMARTS) is 1. The van der Waals surface area contributed by atoms with Crippen LogP contribution in [-0.2, 0) is 4.79 Å². The van der Waals surface area contributed by atoms with Crippen LogP contribution in [0, 0.1) is 11.8 Å². The number of nitrogens with zero attached hydrogens (tertiary/aromatic N) is 1. The van der Waals surface area contributed by atoms with E-state index in [-0.39, 0.29) is 30.5 Å². The van der Waals surface area contributed by atoms with Gasteiger partial charge in [0.05, 0.1) is 23.7 Å². The Balaban J connectivity index is 0. The van der Waals surface area contributed by atoms with E-state index in [1.165, 1.54) is 13.0 Å². The summed E-state index contributed by atoms with van der Waals surface area (Å²) < 4.78 is 12.7. The molecule has 4 atom stereocenters. The van der Waals surface area contributed by atoms with Crippen LogP contribution in [0.3, 0.4) is 0 Å². The van der Waals surface area contributed by atoms with Crippen LogP contribution in [-0.4, -0.2) is 44.4 Å². The van der Waals surface area contributed by atoms with Gasteiger partial charge in [-0.3, -0.25) is 4.79 Å². The van der Waals surface area contributed by atoms with E-state index in [1.54, 1.807) is 18.2 Å². The average molecular weight is 456 g/mol. The van der Waals surface area contributed by atoms with Gasteiger partial charge in [0.2, 0.25) is 0 Å². The molecule has 0 spiro atoms. The minimum Gasteiger partial charge on any atom is -0.481 e. The number of rotatable bonds is 11. The quantitative estimate of drug-likeness (QED) is 0.136. The van der Waals surface area contributed by atoms with E-state index >= 15 is 0 Å². The number of carbonyl (C=O) groups is 1. The van der Waals surface area contributed by atoms with E-state index in [0.29, 0.717) is 37.8 Å². The normalized spacial score (nSPS) is 22.9. The zero-order valence-electron chi connectivity index (χ0n) is 20.0. The van der Waals surface area contributed by atoms with Gasteiger partial charge in [-0.05, 0) is 46.0 Å². The minimum absolute atomic E-state index is 0.123. The third-order valence-corrected chi connectivity index (χ3v) is 4.65. The van der Waals surface area contributed by atoms with Crippen molar-refractivity contribution in [1.82, 2.24) is 0 Å². The van der Waals surface area contributed by atoms with Crippen molar-refractivity contribution in [1.29, 1.82) is 0 Å². The third-order valence-electron chi connectivity index (χ3n) is 4.65. The van der Waals surface area contributed by atoms with Crippen molar-refractivity contribution < 1.29 is 29.7 Å². The second kappa shape index (κ2) is 20.6. The maximum atomic E-state index is 12.7. The van der Waals surface area contributed by atoms with Gasteiger partial charge in [0, 0.05) is 24.7 Å². The second-order valence-corrected chi connectivity index (χ2v) is 7.27. The summed E-state index contributed by atoms with van der Waals surface area (Å²) in [6, 6.07) is 0. The second-order valence-electron chi connectivity index (χ2n) is 7.27. The molecule has 1 rings (SSSR count). The average Bonchev–Trinajstić information content (AvgIpc) is 3.05. The molecule has 4 N–H and O–H groups in total. The molecular weight excluding hydrogens is 413 g/mol. The van der Waals surface area contributed by atoms with E-state index in [1.807, 2.05) is 32.9 Å². The summed E-state index contributed by atoms with van der Waals surface area (Å²) in [5.41, 5.74) is 0.467. The van der Waals surface area contributed by atoms with Crippen molar-refractivity contribution in [2.75, 3.05) is 0 Å². The van der Waals surface area contributed by atoms with E-state index in [0.717, 1.165) is 0 Å². The van der Waals surface area contributed by atoms with Crippen LogP contribution in [0.5, 0.6) is 0 Å². The van der Waals surface area contributed by atoms with Crippen molar-refractivity contribution in [3.8, 4) is 0 Å². The van der Waals surface area contributed by atoms with Crippen molar-refractivity contribution >= 4 is 11.7 Å². The molecule has 0 unspecified atom stereocenters. The van der Waals surface area contributed by atoms with Gasteiger partial charge in [-0.2, -0.15) is 0 Å². The van der Waals surface area contributed by atoms with E-state index < -0.39 is 18.2 Å². The number of carboxylic acids is 1. The number of halogens is 1. The first kappa shape index (κ1) is 31.9. The molecular formula is C25H42FNO5. The fraction of sp³-hybridized carbons (Fsp3) is 0.600. The van der Waals surface area contributed by atoms with Gasteiger partial charge in [0.15, 0.2) is 0 Å². The third kappa shape index (κ3) is 15.5. The zero-order valence-corrected chi connectivity index (χ0v) is 20.0. The molecule has 0 saturated heterocycles. The Labute approximate surface area is 192 Å². The number of aliphatic hydroxyl groups excluding tert-OH is 2.